The lowest BCUT2D eigenvalue weighted by molar-refractivity contribution is -0.125. The number of carbonyl (C=O) groups is 1. The predicted octanol–water partition coefficient (Wildman–Crippen LogP) is 3.26. The van der Waals surface area contributed by atoms with Crippen molar-refractivity contribution < 1.29 is 4.79 Å². The van der Waals surface area contributed by atoms with E-state index in [4.69, 9.17) is 0 Å². The summed E-state index contributed by atoms with van der Waals surface area (Å²) in [5.74, 6) is 1.52. The molecule has 0 unspecified atom stereocenters. The minimum atomic E-state index is -0.152. The molecule has 0 saturated carbocycles. The first-order valence-electron chi connectivity index (χ1n) is 10.5. The second-order valence-corrected chi connectivity index (χ2v) is 7.91. The average molecular weight is 384 g/mol. The molecule has 1 fully saturated rings. The molecule has 28 heavy (non-hydrogen) atoms. The van der Waals surface area contributed by atoms with Gasteiger partial charge in [-0.15, -0.1) is 0 Å². The van der Waals surface area contributed by atoms with Crippen molar-refractivity contribution in [1.82, 2.24) is 25.0 Å². The van der Waals surface area contributed by atoms with Gasteiger partial charge in [0.2, 0.25) is 5.91 Å². The summed E-state index contributed by atoms with van der Waals surface area (Å²) in [6.45, 7) is 9.15. The summed E-state index contributed by atoms with van der Waals surface area (Å²) in [5, 5.41) is 7.58. The smallest absolute Gasteiger partial charge is 0.224 e. The number of hydrogen-bond donors (Lipinski definition) is 1. The molecular formula is C22H33N5O. The van der Waals surface area contributed by atoms with Gasteiger partial charge in [-0.1, -0.05) is 50.1 Å². The van der Waals surface area contributed by atoms with Crippen molar-refractivity contribution in [2.24, 2.45) is 5.92 Å². The molecule has 0 radical (unpaired) electrons. The lowest BCUT2D eigenvalue weighted by Gasteiger charge is -2.31. The van der Waals surface area contributed by atoms with Crippen LogP contribution in [-0.4, -0.2) is 45.2 Å². The molecular weight excluding hydrogens is 350 g/mol. The van der Waals surface area contributed by atoms with Gasteiger partial charge in [-0.05, 0) is 45.3 Å². The maximum Gasteiger partial charge on any atom is 0.224 e. The molecule has 2 heterocycles. The summed E-state index contributed by atoms with van der Waals surface area (Å²) in [7, 11) is 0. The van der Waals surface area contributed by atoms with E-state index in [1.807, 2.05) is 31.5 Å². The molecule has 1 aromatic heterocycles. The maximum absolute atomic E-state index is 12.8. The molecule has 0 aliphatic carbocycles. The zero-order valence-electron chi connectivity index (χ0n) is 17.4. The monoisotopic (exact) mass is 383 g/mol. The van der Waals surface area contributed by atoms with Crippen LogP contribution in [0.4, 0.5) is 0 Å². The number of nitrogens with zero attached hydrogens (tertiary/aromatic N) is 4. The van der Waals surface area contributed by atoms with E-state index in [1.165, 1.54) is 31.2 Å². The van der Waals surface area contributed by atoms with Gasteiger partial charge in [0.05, 0.1) is 18.5 Å². The third-order valence-electron chi connectivity index (χ3n) is 5.59. The van der Waals surface area contributed by atoms with Crippen molar-refractivity contribution in [1.29, 1.82) is 0 Å². The number of rotatable bonds is 7. The fourth-order valence-corrected chi connectivity index (χ4v) is 3.99. The zero-order chi connectivity index (χ0) is 19.9. The summed E-state index contributed by atoms with van der Waals surface area (Å²) >= 11 is 0. The van der Waals surface area contributed by atoms with Gasteiger partial charge in [-0.3, -0.25) is 9.69 Å². The van der Waals surface area contributed by atoms with Gasteiger partial charge in [0.15, 0.2) is 0 Å². The summed E-state index contributed by atoms with van der Waals surface area (Å²) in [6, 6.07) is 10.8. The molecule has 2 aromatic rings. The molecule has 3 rings (SSSR count). The Morgan fingerprint density at radius 1 is 1.11 bits per heavy atom. The third kappa shape index (κ3) is 5.41. The number of aryl methyl sites for hydroxylation is 2. The van der Waals surface area contributed by atoms with Crippen molar-refractivity contribution >= 4 is 5.91 Å². The topological polar surface area (TPSA) is 63.1 Å². The summed E-state index contributed by atoms with van der Waals surface area (Å²) in [4.78, 5) is 19.6. The van der Waals surface area contributed by atoms with Crippen molar-refractivity contribution in [2.75, 3.05) is 19.6 Å². The van der Waals surface area contributed by atoms with E-state index in [-0.39, 0.29) is 17.9 Å². The van der Waals surface area contributed by atoms with Crippen LogP contribution in [0, 0.1) is 19.8 Å². The third-order valence-corrected chi connectivity index (χ3v) is 5.59. The number of nitrogens with one attached hydrogen (secondary N) is 1. The van der Waals surface area contributed by atoms with Gasteiger partial charge < -0.3 is 5.32 Å². The van der Waals surface area contributed by atoms with Gasteiger partial charge in [0.1, 0.15) is 11.6 Å². The van der Waals surface area contributed by atoms with Crippen molar-refractivity contribution in [3.8, 4) is 0 Å². The van der Waals surface area contributed by atoms with E-state index in [9.17, 15) is 4.79 Å². The van der Waals surface area contributed by atoms with Crippen molar-refractivity contribution in [2.45, 2.75) is 59.0 Å². The number of carbonyl (C=O) groups excluding carboxylic acids is 1. The van der Waals surface area contributed by atoms with Crippen LogP contribution in [0.25, 0.3) is 0 Å². The predicted molar refractivity (Wildman–Crippen MR) is 111 cm³/mol. The molecule has 1 saturated heterocycles. The van der Waals surface area contributed by atoms with Crippen LogP contribution in [-0.2, 0) is 11.3 Å². The Bertz CT molecular complexity index is 750. The molecule has 152 valence electrons. The van der Waals surface area contributed by atoms with E-state index in [2.05, 4.69) is 44.6 Å². The summed E-state index contributed by atoms with van der Waals surface area (Å²) in [6.07, 6.45) is 5.08. The van der Waals surface area contributed by atoms with Crippen LogP contribution in [0.3, 0.4) is 0 Å². The molecule has 6 heteroatoms. The maximum atomic E-state index is 12.8. The van der Waals surface area contributed by atoms with Crippen LogP contribution in [0.15, 0.2) is 30.3 Å². The van der Waals surface area contributed by atoms with Crippen LogP contribution in [0.1, 0.15) is 55.9 Å². The lowest BCUT2D eigenvalue weighted by atomic mass is 10.0. The number of benzene rings is 1. The highest BCUT2D eigenvalue weighted by Gasteiger charge is 2.23. The van der Waals surface area contributed by atoms with Crippen molar-refractivity contribution in [3.05, 3.63) is 47.5 Å². The first-order chi connectivity index (χ1) is 13.5. The molecule has 2 atom stereocenters. The molecule has 1 aliphatic heterocycles. The fourth-order valence-electron chi connectivity index (χ4n) is 3.99. The minimum Gasteiger partial charge on any atom is -0.354 e. The first-order valence-corrected chi connectivity index (χ1v) is 10.5. The Kier molecular flexibility index (Phi) is 7.20. The van der Waals surface area contributed by atoms with Crippen LogP contribution < -0.4 is 5.32 Å². The van der Waals surface area contributed by atoms with Gasteiger partial charge in [0.25, 0.3) is 0 Å². The number of amides is 1. The molecule has 1 aromatic carbocycles. The second kappa shape index (κ2) is 9.82. The van der Waals surface area contributed by atoms with E-state index in [0.29, 0.717) is 13.1 Å². The molecule has 1 amide bonds. The highest BCUT2D eigenvalue weighted by molar-refractivity contribution is 5.78. The quantitative estimate of drug-likeness (QED) is 0.797. The summed E-state index contributed by atoms with van der Waals surface area (Å²) < 4.78 is 1.82. The Hall–Kier alpha value is -2.21. The second-order valence-electron chi connectivity index (χ2n) is 7.91. The Labute approximate surface area is 168 Å². The fraction of sp³-hybridized carbons (Fsp3) is 0.591. The van der Waals surface area contributed by atoms with Gasteiger partial charge in [-0.2, -0.15) is 5.10 Å². The van der Waals surface area contributed by atoms with E-state index in [0.717, 1.165) is 24.7 Å². The largest absolute Gasteiger partial charge is 0.354 e. The average Bonchev–Trinajstić information content (AvgIpc) is 2.88. The SMILES string of the molecule is Cc1nc(C)n(C[C@@H](C)C(=O)NC[C@@H](c2ccccc2)N2CCCCCC2)n1. The molecule has 6 nitrogen and oxygen atoms in total. The minimum absolute atomic E-state index is 0.0725. The van der Waals surface area contributed by atoms with Crippen molar-refractivity contribution in [3.63, 3.8) is 0 Å². The zero-order valence-corrected chi connectivity index (χ0v) is 17.4. The van der Waals surface area contributed by atoms with Crippen LogP contribution >= 0.6 is 0 Å². The molecule has 1 aliphatic rings. The van der Waals surface area contributed by atoms with Crippen LogP contribution in [0.5, 0.6) is 0 Å². The number of hydrogen-bond acceptors (Lipinski definition) is 4. The molecule has 1 N–H and O–H groups in total. The molecule has 0 bridgehead atoms. The Morgan fingerprint density at radius 3 is 2.39 bits per heavy atom. The van der Waals surface area contributed by atoms with E-state index >= 15 is 0 Å². The van der Waals surface area contributed by atoms with E-state index < -0.39 is 0 Å². The van der Waals surface area contributed by atoms with E-state index in [1.54, 1.807) is 0 Å². The van der Waals surface area contributed by atoms with Gasteiger partial charge >= 0.3 is 0 Å². The lowest BCUT2D eigenvalue weighted by Crippen LogP contribution is -2.41. The standard InChI is InChI=1S/C22H33N5O/c1-17(16-27-19(3)24-18(2)25-27)22(28)23-15-21(20-11-7-6-8-12-20)26-13-9-4-5-10-14-26/h6-8,11-12,17,21H,4-5,9-10,13-16H2,1-3H3,(H,23,28)/t17-,21+/m1/s1. The highest BCUT2D eigenvalue weighted by Crippen LogP contribution is 2.23. The van der Waals surface area contributed by atoms with Gasteiger partial charge in [-0.25, -0.2) is 9.67 Å². The number of likely N-dealkylation sites (tertiary alicyclic amines) is 1. The Morgan fingerprint density at radius 2 is 1.79 bits per heavy atom. The Balaban J connectivity index is 1.63. The molecule has 0 spiro atoms. The number of aromatic nitrogens is 3. The van der Waals surface area contributed by atoms with Crippen LogP contribution in [0.2, 0.25) is 0 Å². The normalized spacial score (nSPS) is 17.7. The highest BCUT2D eigenvalue weighted by atomic mass is 16.1. The summed E-state index contributed by atoms with van der Waals surface area (Å²) in [5.41, 5.74) is 1.28. The first kappa shape index (κ1) is 20.5. The van der Waals surface area contributed by atoms with Gasteiger partial charge in [0, 0.05) is 6.54 Å².